The number of nitro groups is 1. The highest BCUT2D eigenvalue weighted by molar-refractivity contribution is 7.80. The Morgan fingerprint density at radius 2 is 1.93 bits per heavy atom. The van der Waals surface area contributed by atoms with Gasteiger partial charge in [0.15, 0.2) is 5.11 Å². The van der Waals surface area contributed by atoms with E-state index < -0.39 is 10.8 Å². The molecule has 7 nitrogen and oxygen atoms in total. The monoisotopic (exact) mass is 415 g/mol. The molecule has 0 fully saturated rings. The summed E-state index contributed by atoms with van der Waals surface area (Å²) in [5.74, 6) is 0.0343. The summed E-state index contributed by atoms with van der Waals surface area (Å²) in [5, 5.41) is 16.5. The minimum absolute atomic E-state index is 0.0281. The highest BCUT2D eigenvalue weighted by atomic mass is 32.1. The molecule has 8 heteroatoms. The molecule has 2 aromatic rings. The molecule has 2 aromatic carbocycles. The fourth-order valence-corrected chi connectivity index (χ4v) is 2.92. The van der Waals surface area contributed by atoms with Crippen LogP contribution >= 0.6 is 12.2 Å². The molecule has 0 aliphatic heterocycles. The van der Waals surface area contributed by atoms with Crippen LogP contribution in [0.15, 0.2) is 42.5 Å². The van der Waals surface area contributed by atoms with Crippen LogP contribution in [0.3, 0.4) is 0 Å². The van der Waals surface area contributed by atoms with Gasteiger partial charge in [-0.2, -0.15) is 0 Å². The SMILES string of the molecule is CCCCCCOc1ccccc1C(=O)NC(=S)Nc1ccc(C)cc1[N+](=O)[O-]. The van der Waals surface area contributed by atoms with Gasteiger partial charge in [0.2, 0.25) is 0 Å². The highest BCUT2D eigenvalue weighted by Crippen LogP contribution is 2.25. The van der Waals surface area contributed by atoms with Crippen molar-refractivity contribution in [2.45, 2.75) is 39.5 Å². The van der Waals surface area contributed by atoms with Crippen molar-refractivity contribution in [3.05, 3.63) is 63.7 Å². The van der Waals surface area contributed by atoms with E-state index in [4.69, 9.17) is 17.0 Å². The number of thiocarbonyl (C=S) groups is 1. The lowest BCUT2D eigenvalue weighted by molar-refractivity contribution is -0.383. The number of amides is 1. The van der Waals surface area contributed by atoms with Gasteiger partial charge in [-0.3, -0.25) is 20.2 Å². The molecule has 0 aliphatic carbocycles. The van der Waals surface area contributed by atoms with Crippen LogP contribution in [-0.2, 0) is 0 Å². The van der Waals surface area contributed by atoms with E-state index in [0.717, 1.165) is 31.2 Å². The zero-order valence-electron chi connectivity index (χ0n) is 16.6. The number of aryl methyl sites for hydroxylation is 1. The molecule has 0 bridgehead atoms. The summed E-state index contributed by atoms with van der Waals surface area (Å²) in [6, 6.07) is 11.6. The summed E-state index contributed by atoms with van der Waals surface area (Å²) in [7, 11) is 0. The first-order valence-corrected chi connectivity index (χ1v) is 9.92. The number of anilines is 1. The van der Waals surface area contributed by atoms with Crippen molar-refractivity contribution >= 4 is 34.6 Å². The second-order valence-corrected chi connectivity index (χ2v) is 7.00. The van der Waals surface area contributed by atoms with Crippen molar-refractivity contribution in [3.8, 4) is 5.75 Å². The average molecular weight is 416 g/mol. The first kappa shape index (κ1) is 22.3. The van der Waals surface area contributed by atoms with E-state index in [-0.39, 0.29) is 16.5 Å². The van der Waals surface area contributed by atoms with Gasteiger partial charge in [-0.05, 0) is 49.3 Å². The van der Waals surface area contributed by atoms with Crippen molar-refractivity contribution in [3.63, 3.8) is 0 Å². The van der Waals surface area contributed by atoms with Gasteiger partial charge in [-0.1, -0.05) is 44.4 Å². The number of rotatable bonds is 9. The van der Waals surface area contributed by atoms with Crippen molar-refractivity contribution in [2.24, 2.45) is 0 Å². The quantitative estimate of drug-likeness (QED) is 0.259. The molecule has 0 saturated carbocycles. The number of unbranched alkanes of at least 4 members (excludes halogenated alkanes) is 3. The Hall–Kier alpha value is -3.00. The summed E-state index contributed by atoms with van der Waals surface area (Å²) in [6.07, 6.45) is 4.29. The van der Waals surface area contributed by atoms with Gasteiger partial charge in [-0.15, -0.1) is 0 Å². The molecular weight excluding hydrogens is 390 g/mol. The van der Waals surface area contributed by atoms with Crippen LogP contribution in [0.5, 0.6) is 5.75 Å². The van der Waals surface area contributed by atoms with Crippen molar-refractivity contribution in [2.75, 3.05) is 11.9 Å². The Balaban J connectivity index is 2.02. The number of nitro benzene ring substituents is 1. The van der Waals surface area contributed by atoms with E-state index in [1.807, 2.05) is 0 Å². The number of hydrogen-bond acceptors (Lipinski definition) is 5. The van der Waals surface area contributed by atoms with Gasteiger partial charge in [0.05, 0.1) is 17.1 Å². The fourth-order valence-electron chi connectivity index (χ4n) is 2.71. The molecule has 0 spiro atoms. The van der Waals surface area contributed by atoms with Gasteiger partial charge in [0.25, 0.3) is 11.6 Å². The molecule has 1 amide bonds. The summed E-state index contributed by atoms with van der Waals surface area (Å²) in [4.78, 5) is 23.4. The number of nitrogens with one attached hydrogen (secondary N) is 2. The lowest BCUT2D eigenvalue weighted by Crippen LogP contribution is -2.34. The van der Waals surface area contributed by atoms with E-state index in [9.17, 15) is 14.9 Å². The molecule has 0 saturated heterocycles. The Labute approximate surface area is 175 Å². The van der Waals surface area contributed by atoms with Crippen LogP contribution in [0.4, 0.5) is 11.4 Å². The van der Waals surface area contributed by atoms with Gasteiger partial charge in [-0.25, -0.2) is 0 Å². The number of ether oxygens (including phenoxy) is 1. The molecule has 0 aromatic heterocycles. The normalized spacial score (nSPS) is 10.3. The third kappa shape index (κ3) is 6.83. The summed E-state index contributed by atoms with van der Waals surface area (Å²) in [6.45, 7) is 4.43. The maximum absolute atomic E-state index is 12.6. The molecule has 0 heterocycles. The van der Waals surface area contributed by atoms with Gasteiger partial charge in [0.1, 0.15) is 11.4 Å². The molecule has 0 radical (unpaired) electrons. The lowest BCUT2D eigenvalue weighted by Gasteiger charge is -2.13. The first-order valence-electron chi connectivity index (χ1n) is 9.51. The topological polar surface area (TPSA) is 93.5 Å². The largest absolute Gasteiger partial charge is 0.493 e. The maximum Gasteiger partial charge on any atom is 0.292 e. The number of carbonyl (C=O) groups excluding carboxylic acids is 1. The zero-order chi connectivity index (χ0) is 21.2. The first-order chi connectivity index (χ1) is 13.9. The second-order valence-electron chi connectivity index (χ2n) is 6.59. The molecule has 2 N–H and O–H groups in total. The van der Waals surface area contributed by atoms with Gasteiger partial charge in [0, 0.05) is 6.07 Å². The van der Waals surface area contributed by atoms with Gasteiger partial charge < -0.3 is 10.1 Å². The van der Waals surface area contributed by atoms with Crippen LogP contribution in [0, 0.1) is 17.0 Å². The third-order valence-corrected chi connectivity index (χ3v) is 4.42. The van der Waals surface area contributed by atoms with E-state index in [2.05, 4.69) is 17.6 Å². The highest BCUT2D eigenvalue weighted by Gasteiger charge is 2.17. The van der Waals surface area contributed by atoms with Crippen LogP contribution in [0.25, 0.3) is 0 Å². The van der Waals surface area contributed by atoms with E-state index in [1.54, 1.807) is 43.3 Å². The van der Waals surface area contributed by atoms with Crippen molar-refractivity contribution in [1.82, 2.24) is 5.32 Å². The van der Waals surface area contributed by atoms with E-state index >= 15 is 0 Å². The summed E-state index contributed by atoms with van der Waals surface area (Å²) < 4.78 is 5.75. The average Bonchev–Trinajstić information content (AvgIpc) is 2.69. The van der Waals surface area contributed by atoms with Crippen LogP contribution in [0.1, 0.15) is 48.5 Å². The number of benzene rings is 2. The minimum Gasteiger partial charge on any atom is -0.493 e. The Kier molecular flexibility index (Phi) is 8.54. The molecule has 29 heavy (non-hydrogen) atoms. The van der Waals surface area contributed by atoms with E-state index in [1.165, 1.54) is 6.07 Å². The fraction of sp³-hybridized carbons (Fsp3) is 0.333. The number of nitrogens with zero attached hydrogens (tertiary/aromatic N) is 1. The number of para-hydroxylation sites is 1. The predicted molar refractivity (Wildman–Crippen MR) is 118 cm³/mol. The molecule has 0 aliphatic rings. The standard InChI is InChI=1S/C21H25N3O4S/c1-3-4-5-8-13-28-19-10-7-6-9-16(19)20(25)23-21(29)22-17-12-11-15(2)14-18(17)24(26)27/h6-7,9-12,14H,3-5,8,13H2,1-2H3,(H2,22,23,25,29). The smallest absolute Gasteiger partial charge is 0.292 e. The van der Waals surface area contributed by atoms with Crippen molar-refractivity contribution in [1.29, 1.82) is 0 Å². The van der Waals surface area contributed by atoms with Crippen molar-refractivity contribution < 1.29 is 14.5 Å². The third-order valence-electron chi connectivity index (χ3n) is 4.21. The zero-order valence-corrected chi connectivity index (χ0v) is 17.4. The van der Waals surface area contributed by atoms with Crippen LogP contribution < -0.4 is 15.4 Å². The summed E-state index contributed by atoms with van der Waals surface area (Å²) in [5.41, 5.74) is 1.21. The summed E-state index contributed by atoms with van der Waals surface area (Å²) >= 11 is 5.16. The molecule has 0 unspecified atom stereocenters. The molecule has 154 valence electrons. The second kappa shape index (κ2) is 11.1. The predicted octanol–water partition coefficient (Wildman–Crippen LogP) is 4.99. The van der Waals surface area contributed by atoms with Crippen LogP contribution in [0.2, 0.25) is 0 Å². The Bertz CT molecular complexity index is 886. The van der Waals surface area contributed by atoms with Gasteiger partial charge >= 0.3 is 0 Å². The number of carbonyl (C=O) groups is 1. The lowest BCUT2D eigenvalue weighted by atomic mass is 10.2. The Morgan fingerprint density at radius 1 is 1.17 bits per heavy atom. The molecule has 2 rings (SSSR count). The minimum atomic E-state index is -0.499. The maximum atomic E-state index is 12.6. The Morgan fingerprint density at radius 3 is 2.66 bits per heavy atom. The van der Waals surface area contributed by atoms with E-state index in [0.29, 0.717) is 17.9 Å². The number of hydrogen-bond donors (Lipinski definition) is 2. The molecular formula is C21H25N3O4S. The molecule has 0 atom stereocenters. The van der Waals surface area contributed by atoms with Crippen LogP contribution in [-0.4, -0.2) is 22.5 Å².